The van der Waals surface area contributed by atoms with E-state index in [-0.39, 0.29) is 6.10 Å². The molecule has 1 N–H and O–H groups in total. The summed E-state index contributed by atoms with van der Waals surface area (Å²) in [4.78, 5) is 0. The molecule has 0 saturated heterocycles. The zero-order valence-corrected chi connectivity index (χ0v) is 14.0. The maximum absolute atomic E-state index is 6.26. The molecule has 0 fully saturated rings. The van der Waals surface area contributed by atoms with Gasteiger partial charge in [-0.05, 0) is 19.1 Å². The fourth-order valence-corrected chi connectivity index (χ4v) is 2.32. The van der Waals surface area contributed by atoms with E-state index in [1.54, 1.807) is 13.2 Å². The Balaban J connectivity index is 2.85. The van der Waals surface area contributed by atoms with Crippen molar-refractivity contribution in [2.24, 2.45) is 0 Å². The van der Waals surface area contributed by atoms with Crippen LogP contribution in [0.25, 0.3) is 0 Å². The van der Waals surface area contributed by atoms with Gasteiger partial charge in [-0.3, -0.25) is 0 Å². The fraction of sp³-hybridized carbons (Fsp3) is 0.600. The van der Waals surface area contributed by atoms with Gasteiger partial charge in [-0.15, -0.1) is 0 Å². The standard InChI is InChI=1S/C15H23Cl2NO2/c1-10(2)18-9-12-7-13(16)8-14(17)15(12)20-11(3)5-6-19-4/h7-8,10-11,18H,5-6,9H2,1-4H3. The first-order chi connectivity index (χ1) is 9.43. The van der Waals surface area contributed by atoms with Crippen molar-refractivity contribution < 1.29 is 9.47 Å². The molecule has 0 heterocycles. The Morgan fingerprint density at radius 2 is 1.90 bits per heavy atom. The lowest BCUT2D eigenvalue weighted by Crippen LogP contribution is -2.23. The van der Waals surface area contributed by atoms with Gasteiger partial charge in [0.15, 0.2) is 0 Å². The number of hydrogen-bond donors (Lipinski definition) is 1. The van der Waals surface area contributed by atoms with E-state index in [9.17, 15) is 0 Å². The highest BCUT2D eigenvalue weighted by Crippen LogP contribution is 2.33. The number of nitrogens with one attached hydrogen (secondary N) is 1. The van der Waals surface area contributed by atoms with E-state index >= 15 is 0 Å². The largest absolute Gasteiger partial charge is 0.489 e. The van der Waals surface area contributed by atoms with Crippen molar-refractivity contribution in [1.29, 1.82) is 0 Å². The molecule has 1 rings (SSSR count). The second-order valence-corrected chi connectivity index (χ2v) is 5.97. The molecule has 0 saturated carbocycles. The first-order valence-corrected chi connectivity index (χ1v) is 7.56. The monoisotopic (exact) mass is 319 g/mol. The van der Waals surface area contributed by atoms with Gasteiger partial charge in [-0.1, -0.05) is 37.0 Å². The van der Waals surface area contributed by atoms with Gasteiger partial charge in [0.1, 0.15) is 5.75 Å². The Hall–Kier alpha value is -0.480. The molecular weight excluding hydrogens is 297 g/mol. The topological polar surface area (TPSA) is 30.5 Å². The van der Waals surface area contributed by atoms with Gasteiger partial charge in [0, 0.05) is 43.3 Å². The van der Waals surface area contributed by atoms with E-state index in [1.165, 1.54) is 0 Å². The van der Waals surface area contributed by atoms with Crippen molar-refractivity contribution in [3.05, 3.63) is 27.7 Å². The Bertz CT molecular complexity index is 425. The summed E-state index contributed by atoms with van der Waals surface area (Å²) < 4.78 is 11.0. The second kappa shape index (κ2) is 8.73. The molecule has 20 heavy (non-hydrogen) atoms. The van der Waals surface area contributed by atoms with Crippen LogP contribution in [0.4, 0.5) is 0 Å². The number of benzene rings is 1. The maximum Gasteiger partial charge on any atom is 0.142 e. The van der Waals surface area contributed by atoms with Gasteiger partial charge in [-0.25, -0.2) is 0 Å². The zero-order chi connectivity index (χ0) is 15.1. The first-order valence-electron chi connectivity index (χ1n) is 6.81. The van der Waals surface area contributed by atoms with Crippen molar-refractivity contribution in [3.63, 3.8) is 0 Å². The smallest absolute Gasteiger partial charge is 0.142 e. The van der Waals surface area contributed by atoms with Crippen LogP contribution in [0, 0.1) is 0 Å². The highest BCUT2D eigenvalue weighted by atomic mass is 35.5. The number of methoxy groups -OCH3 is 1. The van der Waals surface area contributed by atoms with Crippen molar-refractivity contribution in [2.45, 2.75) is 45.9 Å². The summed E-state index contributed by atoms with van der Waals surface area (Å²) >= 11 is 12.3. The predicted molar refractivity (Wildman–Crippen MR) is 85.0 cm³/mol. The molecule has 1 aromatic rings. The van der Waals surface area contributed by atoms with Crippen molar-refractivity contribution in [3.8, 4) is 5.75 Å². The van der Waals surface area contributed by atoms with Crippen molar-refractivity contribution in [2.75, 3.05) is 13.7 Å². The van der Waals surface area contributed by atoms with Gasteiger partial charge in [0.25, 0.3) is 0 Å². The average molecular weight is 320 g/mol. The lowest BCUT2D eigenvalue weighted by molar-refractivity contribution is 0.134. The molecule has 0 bridgehead atoms. The van der Waals surface area contributed by atoms with Crippen LogP contribution in [0.15, 0.2) is 12.1 Å². The van der Waals surface area contributed by atoms with E-state index < -0.39 is 0 Å². The summed E-state index contributed by atoms with van der Waals surface area (Å²) in [5.41, 5.74) is 0.973. The van der Waals surface area contributed by atoms with Gasteiger partial charge in [0.05, 0.1) is 11.1 Å². The minimum absolute atomic E-state index is 0.0337. The lowest BCUT2D eigenvalue weighted by Gasteiger charge is -2.20. The molecule has 1 atom stereocenters. The van der Waals surface area contributed by atoms with Crippen LogP contribution in [0.3, 0.4) is 0 Å². The zero-order valence-electron chi connectivity index (χ0n) is 12.5. The van der Waals surface area contributed by atoms with Crippen LogP contribution in [-0.2, 0) is 11.3 Å². The van der Waals surface area contributed by atoms with Gasteiger partial charge >= 0.3 is 0 Å². The number of ether oxygens (including phenoxy) is 2. The lowest BCUT2D eigenvalue weighted by atomic mass is 10.1. The normalized spacial score (nSPS) is 12.8. The molecular formula is C15H23Cl2NO2. The van der Waals surface area contributed by atoms with E-state index in [0.717, 1.165) is 12.0 Å². The van der Waals surface area contributed by atoms with Crippen LogP contribution in [0.1, 0.15) is 32.8 Å². The highest BCUT2D eigenvalue weighted by Gasteiger charge is 2.14. The number of rotatable bonds is 8. The summed E-state index contributed by atoms with van der Waals surface area (Å²) in [7, 11) is 1.68. The first kappa shape index (κ1) is 17.6. The predicted octanol–water partition coefficient (Wildman–Crippen LogP) is 4.30. The molecule has 3 nitrogen and oxygen atoms in total. The third-order valence-corrected chi connectivity index (χ3v) is 3.33. The minimum Gasteiger partial charge on any atom is -0.489 e. The SMILES string of the molecule is COCCC(C)Oc1c(Cl)cc(Cl)cc1CNC(C)C. The molecule has 0 spiro atoms. The molecule has 5 heteroatoms. The summed E-state index contributed by atoms with van der Waals surface area (Å²) in [5, 5.41) is 4.51. The van der Waals surface area contributed by atoms with E-state index in [2.05, 4.69) is 19.2 Å². The molecule has 0 radical (unpaired) electrons. The summed E-state index contributed by atoms with van der Waals surface area (Å²) in [6.07, 6.45) is 0.846. The Kier molecular flexibility index (Phi) is 7.67. The van der Waals surface area contributed by atoms with Crippen LogP contribution in [0.2, 0.25) is 10.0 Å². The average Bonchev–Trinajstić information content (AvgIpc) is 2.37. The summed E-state index contributed by atoms with van der Waals surface area (Å²) in [6.45, 7) is 7.52. The van der Waals surface area contributed by atoms with Crippen molar-refractivity contribution >= 4 is 23.2 Å². The Morgan fingerprint density at radius 1 is 1.20 bits per heavy atom. The quantitative estimate of drug-likeness (QED) is 0.775. The molecule has 0 aliphatic rings. The van der Waals surface area contributed by atoms with Crippen LogP contribution in [0.5, 0.6) is 5.75 Å². The fourth-order valence-electron chi connectivity index (χ4n) is 1.73. The van der Waals surface area contributed by atoms with Crippen molar-refractivity contribution in [1.82, 2.24) is 5.32 Å². The second-order valence-electron chi connectivity index (χ2n) is 5.12. The van der Waals surface area contributed by atoms with E-state index in [4.69, 9.17) is 32.7 Å². The van der Waals surface area contributed by atoms with Gasteiger partial charge in [-0.2, -0.15) is 0 Å². The number of hydrogen-bond acceptors (Lipinski definition) is 3. The van der Waals surface area contributed by atoms with Gasteiger partial charge < -0.3 is 14.8 Å². The van der Waals surface area contributed by atoms with Crippen LogP contribution < -0.4 is 10.1 Å². The third kappa shape index (κ3) is 5.88. The third-order valence-electron chi connectivity index (χ3n) is 2.83. The number of halogens is 2. The molecule has 0 aliphatic carbocycles. The minimum atomic E-state index is 0.0337. The molecule has 114 valence electrons. The van der Waals surface area contributed by atoms with E-state index in [0.29, 0.717) is 35.0 Å². The molecule has 0 aliphatic heterocycles. The van der Waals surface area contributed by atoms with E-state index in [1.807, 2.05) is 13.0 Å². The molecule has 0 aromatic heterocycles. The van der Waals surface area contributed by atoms with Crippen LogP contribution in [-0.4, -0.2) is 25.9 Å². The maximum atomic E-state index is 6.26. The molecule has 1 unspecified atom stereocenters. The summed E-state index contributed by atoms with van der Waals surface area (Å²) in [5.74, 6) is 0.702. The van der Waals surface area contributed by atoms with Gasteiger partial charge in [0.2, 0.25) is 0 Å². The Morgan fingerprint density at radius 3 is 2.50 bits per heavy atom. The summed E-state index contributed by atoms with van der Waals surface area (Å²) in [6, 6.07) is 3.98. The van der Waals surface area contributed by atoms with Crippen LogP contribution >= 0.6 is 23.2 Å². The Labute approximate surface area is 131 Å². The molecule has 0 amide bonds. The highest BCUT2D eigenvalue weighted by molar-refractivity contribution is 6.35. The molecule has 1 aromatic carbocycles.